The second-order valence-corrected chi connectivity index (χ2v) is 4.64. The Bertz CT molecular complexity index is 576. The lowest BCUT2D eigenvalue weighted by Crippen LogP contribution is -2.58. The Kier molecular flexibility index (Phi) is 4.52. The SMILES string of the molecule is CC1C(=O)NC(=O)CN1C(=O)CCOc1ccccc1F. The van der Waals surface area contributed by atoms with Crippen molar-refractivity contribution < 1.29 is 23.5 Å². The van der Waals surface area contributed by atoms with E-state index in [1.807, 2.05) is 0 Å². The van der Waals surface area contributed by atoms with Crippen LogP contribution in [-0.4, -0.2) is 41.8 Å². The molecule has 1 saturated heterocycles. The number of carbonyl (C=O) groups excluding carboxylic acids is 3. The predicted octanol–water partition coefficient (Wildman–Crippen LogP) is 0.468. The lowest BCUT2D eigenvalue weighted by Gasteiger charge is -2.31. The van der Waals surface area contributed by atoms with Gasteiger partial charge >= 0.3 is 0 Å². The van der Waals surface area contributed by atoms with Crippen LogP contribution in [0.15, 0.2) is 24.3 Å². The molecule has 0 radical (unpaired) electrons. The molecule has 21 heavy (non-hydrogen) atoms. The van der Waals surface area contributed by atoms with Gasteiger partial charge < -0.3 is 9.64 Å². The Morgan fingerprint density at radius 3 is 2.86 bits per heavy atom. The van der Waals surface area contributed by atoms with Crippen LogP contribution in [0.4, 0.5) is 4.39 Å². The van der Waals surface area contributed by atoms with E-state index in [1.165, 1.54) is 30.0 Å². The van der Waals surface area contributed by atoms with Crippen molar-refractivity contribution in [2.75, 3.05) is 13.2 Å². The van der Waals surface area contributed by atoms with Crippen LogP contribution < -0.4 is 10.1 Å². The molecule has 112 valence electrons. The van der Waals surface area contributed by atoms with Crippen molar-refractivity contribution in [3.63, 3.8) is 0 Å². The number of nitrogens with zero attached hydrogens (tertiary/aromatic N) is 1. The third-order valence-electron chi connectivity index (χ3n) is 3.15. The minimum atomic E-state index is -0.705. The number of rotatable bonds is 4. The van der Waals surface area contributed by atoms with Gasteiger partial charge in [0.05, 0.1) is 13.0 Å². The van der Waals surface area contributed by atoms with Gasteiger partial charge in [-0.2, -0.15) is 0 Å². The van der Waals surface area contributed by atoms with Gasteiger partial charge in [0.15, 0.2) is 11.6 Å². The van der Waals surface area contributed by atoms with E-state index in [-0.39, 0.29) is 31.2 Å². The minimum absolute atomic E-state index is 0.0290. The number of nitrogens with one attached hydrogen (secondary N) is 1. The van der Waals surface area contributed by atoms with Crippen LogP contribution in [0.25, 0.3) is 0 Å². The van der Waals surface area contributed by atoms with Gasteiger partial charge in [0, 0.05) is 0 Å². The van der Waals surface area contributed by atoms with E-state index in [1.54, 1.807) is 6.07 Å². The van der Waals surface area contributed by atoms with Gasteiger partial charge in [0.2, 0.25) is 17.7 Å². The van der Waals surface area contributed by atoms with Crippen molar-refractivity contribution in [3.8, 4) is 5.75 Å². The Morgan fingerprint density at radius 2 is 2.14 bits per heavy atom. The summed E-state index contributed by atoms with van der Waals surface area (Å²) < 4.78 is 18.5. The van der Waals surface area contributed by atoms with Crippen molar-refractivity contribution in [1.82, 2.24) is 10.2 Å². The highest BCUT2D eigenvalue weighted by Gasteiger charge is 2.33. The third kappa shape index (κ3) is 3.56. The van der Waals surface area contributed by atoms with Gasteiger partial charge in [-0.25, -0.2) is 4.39 Å². The smallest absolute Gasteiger partial charge is 0.249 e. The Hall–Kier alpha value is -2.44. The fraction of sp³-hybridized carbons (Fsp3) is 0.357. The number of hydrogen-bond acceptors (Lipinski definition) is 4. The molecule has 1 aromatic carbocycles. The molecular formula is C14H15FN2O4. The Morgan fingerprint density at radius 1 is 1.43 bits per heavy atom. The number of halogens is 1. The summed E-state index contributed by atoms with van der Waals surface area (Å²) >= 11 is 0. The van der Waals surface area contributed by atoms with Crippen molar-refractivity contribution in [3.05, 3.63) is 30.1 Å². The van der Waals surface area contributed by atoms with E-state index >= 15 is 0 Å². The summed E-state index contributed by atoms with van der Waals surface area (Å²) in [5.74, 6) is -1.85. The molecule has 6 nitrogen and oxygen atoms in total. The second-order valence-electron chi connectivity index (χ2n) is 4.64. The molecule has 7 heteroatoms. The maximum atomic E-state index is 13.3. The molecule has 1 N–H and O–H groups in total. The molecule has 0 bridgehead atoms. The van der Waals surface area contributed by atoms with Gasteiger partial charge in [-0.1, -0.05) is 12.1 Å². The zero-order valence-corrected chi connectivity index (χ0v) is 11.5. The molecule has 0 aromatic heterocycles. The average Bonchev–Trinajstić information content (AvgIpc) is 2.44. The fourth-order valence-electron chi connectivity index (χ4n) is 1.97. The second kappa shape index (κ2) is 6.34. The molecule has 3 amide bonds. The van der Waals surface area contributed by atoms with Crippen molar-refractivity contribution in [2.24, 2.45) is 0 Å². The number of hydrogen-bond donors (Lipinski definition) is 1. The molecule has 1 atom stereocenters. The van der Waals surface area contributed by atoms with Crippen molar-refractivity contribution in [2.45, 2.75) is 19.4 Å². The highest BCUT2D eigenvalue weighted by molar-refractivity contribution is 6.04. The van der Waals surface area contributed by atoms with Gasteiger partial charge in [-0.15, -0.1) is 0 Å². The number of ether oxygens (including phenoxy) is 1. The first-order chi connectivity index (χ1) is 9.99. The molecule has 0 aliphatic carbocycles. The van der Waals surface area contributed by atoms with Crippen LogP contribution in [0.3, 0.4) is 0 Å². The summed E-state index contributed by atoms with van der Waals surface area (Å²) in [5, 5.41) is 2.15. The van der Waals surface area contributed by atoms with Crippen LogP contribution in [0.1, 0.15) is 13.3 Å². The van der Waals surface area contributed by atoms with Crippen LogP contribution >= 0.6 is 0 Å². The average molecular weight is 294 g/mol. The number of para-hydroxylation sites is 1. The minimum Gasteiger partial charge on any atom is -0.490 e. The predicted molar refractivity (Wildman–Crippen MR) is 70.8 cm³/mol. The molecule has 1 aliphatic rings. The molecule has 0 spiro atoms. The van der Waals surface area contributed by atoms with E-state index < -0.39 is 23.7 Å². The quantitative estimate of drug-likeness (QED) is 0.819. The normalized spacial score (nSPS) is 18.4. The molecule has 1 aromatic rings. The zero-order chi connectivity index (χ0) is 15.4. The first-order valence-electron chi connectivity index (χ1n) is 6.49. The number of imide groups is 1. The van der Waals surface area contributed by atoms with Crippen molar-refractivity contribution in [1.29, 1.82) is 0 Å². The van der Waals surface area contributed by atoms with Crippen LogP contribution in [0.2, 0.25) is 0 Å². The molecule has 1 aliphatic heterocycles. The van der Waals surface area contributed by atoms with E-state index in [2.05, 4.69) is 5.32 Å². The lowest BCUT2D eigenvalue weighted by molar-refractivity contribution is -0.149. The number of piperazine rings is 1. The highest BCUT2D eigenvalue weighted by Crippen LogP contribution is 2.16. The van der Waals surface area contributed by atoms with Crippen LogP contribution in [-0.2, 0) is 14.4 Å². The summed E-state index contributed by atoms with van der Waals surface area (Å²) in [4.78, 5) is 35.9. The standard InChI is InChI=1S/C14H15FN2O4/c1-9-14(20)16-12(18)8-17(9)13(19)6-7-21-11-5-3-2-4-10(11)15/h2-5,9H,6-8H2,1H3,(H,16,18,20). The van der Waals surface area contributed by atoms with Gasteiger partial charge in [-0.3, -0.25) is 19.7 Å². The number of carbonyl (C=O) groups is 3. The molecule has 0 saturated carbocycles. The Labute approximate surface area is 120 Å². The molecule has 1 fully saturated rings. The summed E-state index contributed by atoms with van der Waals surface area (Å²) in [6, 6.07) is 5.17. The van der Waals surface area contributed by atoms with Gasteiger partial charge in [0.25, 0.3) is 0 Å². The van der Waals surface area contributed by atoms with E-state index in [9.17, 15) is 18.8 Å². The third-order valence-corrected chi connectivity index (χ3v) is 3.15. The zero-order valence-electron chi connectivity index (χ0n) is 11.5. The summed E-state index contributed by atoms with van der Waals surface area (Å²) in [7, 11) is 0. The number of amides is 3. The highest BCUT2D eigenvalue weighted by atomic mass is 19.1. The summed E-state index contributed by atoms with van der Waals surface area (Å²) in [5.41, 5.74) is 0. The summed E-state index contributed by atoms with van der Waals surface area (Å²) in [6.45, 7) is 1.35. The molecule has 1 unspecified atom stereocenters. The molecule has 2 rings (SSSR count). The van der Waals surface area contributed by atoms with Gasteiger partial charge in [0.1, 0.15) is 12.6 Å². The maximum Gasteiger partial charge on any atom is 0.249 e. The van der Waals surface area contributed by atoms with E-state index in [0.29, 0.717) is 0 Å². The first kappa shape index (κ1) is 15.0. The maximum absolute atomic E-state index is 13.3. The van der Waals surface area contributed by atoms with Gasteiger partial charge in [-0.05, 0) is 19.1 Å². The monoisotopic (exact) mass is 294 g/mol. The largest absolute Gasteiger partial charge is 0.490 e. The van der Waals surface area contributed by atoms with Crippen LogP contribution in [0, 0.1) is 5.82 Å². The Balaban J connectivity index is 1.88. The lowest BCUT2D eigenvalue weighted by atomic mass is 10.2. The molecule has 1 heterocycles. The molecular weight excluding hydrogens is 279 g/mol. The first-order valence-corrected chi connectivity index (χ1v) is 6.49. The van der Waals surface area contributed by atoms with Crippen molar-refractivity contribution >= 4 is 17.7 Å². The fourth-order valence-corrected chi connectivity index (χ4v) is 1.97. The summed E-state index contributed by atoms with van der Waals surface area (Å²) in [6.07, 6.45) is -0.0424. The van der Waals surface area contributed by atoms with Crippen LogP contribution in [0.5, 0.6) is 5.75 Å². The van der Waals surface area contributed by atoms with E-state index in [0.717, 1.165) is 0 Å². The van der Waals surface area contributed by atoms with E-state index in [4.69, 9.17) is 4.74 Å². The topological polar surface area (TPSA) is 75.7 Å². The number of benzene rings is 1.